The summed E-state index contributed by atoms with van der Waals surface area (Å²) in [4.78, 5) is 40.7. The van der Waals surface area contributed by atoms with Gasteiger partial charge in [-0.25, -0.2) is 13.3 Å². The minimum atomic E-state index is -3.49. The summed E-state index contributed by atoms with van der Waals surface area (Å²) < 4.78 is 30.0. The molecule has 0 bridgehead atoms. The number of hydrogen-bond donors (Lipinski definition) is 0. The Morgan fingerprint density at radius 3 is 2.49 bits per heavy atom. The van der Waals surface area contributed by atoms with Crippen molar-refractivity contribution < 1.29 is 27.5 Å². The zero-order valence-corrected chi connectivity index (χ0v) is 21.4. The topological polar surface area (TPSA) is 119 Å². The molecule has 1 aromatic heterocycles. The Balaban J connectivity index is 1.19. The van der Waals surface area contributed by atoms with Crippen LogP contribution >= 0.6 is 11.8 Å². The molecule has 0 N–H and O–H groups in total. The number of nitrogens with zero attached hydrogens (tertiary/aromatic N) is 4. The average Bonchev–Trinajstić information content (AvgIpc) is 3.50. The molecule has 37 heavy (non-hydrogen) atoms. The number of fused-ring (bicyclic) bond motifs is 1. The van der Waals surface area contributed by atoms with Gasteiger partial charge in [0, 0.05) is 24.8 Å². The van der Waals surface area contributed by atoms with Crippen molar-refractivity contribution in [1.82, 2.24) is 19.0 Å². The molecular weight excluding hydrogens is 516 g/mol. The summed E-state index contributed by atoms with van der Waals surface area (Å²) in [7, 11) is -3.49. The van der Waals surface area contributed by atoms with Crippen LogP contribution in [-0.2, 0) is 39.3 Å². The van der Waals surface area contributed by atoms with Crippen molar-refractivity contribution in [3.8, 4) is 5.75 Å². The molecule has 0 radical (unpaired) electrons. The lowest BCUT2D eigenvalue weighted by atomic mass is 10.2. The predicted molar refractivity (Wildman–Crippen MR) is 137 cm³/mol. The van der Waals surface area contributed by atoms with E-state index in [1.807, 2.05) is 30.3 Å². The Hall–Kier alpha value is -3.74. The summed E-state index contributed by atoms with van der Waals surface area (Å²) >= 11 is 0.714. The summed E-state index contributed by atoms with van der Waals surface area (Å²) in [5.74, 6) is -0.639. The summed E-state index contributed by atoms with van der Waals surface area (Å²) in [5.41, 5.74) is 2.97. The van der Waals surface area contributed by atoms with Crippen molar-refractivity contribution >= 4 is 44.9 Å². The van der Waals surface area contributed by atoms with Crippen LogP contribution in [0.1, 0.15) is 22.4 Å². The lowest BCUT2D eigenvalue weighted by Crippen LogP contribution is -2.41. The van der Waals surface area contributed by atoms with Crippen molar-refractivity contribution in [3.05, 3.63) is 88.1 Å². The molecule has 0 spiro atoms. The first-order valence-electron chi connectivity index (χ1n) is 11.3. The number of aromatic nitrogens is 2. The van der Waals surface area contributed by atoms with Crippen molar-refractivity contribution in [1.29, 1.82) is 0 Å². The average molecular weight is 539 g/mol. The van der Waals surface area contributed by atoms with Gasteiger partial charge in [0.15, 0.2) is 0 Å². The number of benzene rings is 2. The fraction of sp³-hybridized carbons (Fsp3) is 0.200. The zero-order valence-electron chi connectivity index (χ0n) is 19.7. The Kier molecular flexibility index (Phi) is 6.71. The van der Waals surface area contributed by atoms with Crippen LogP contribution in [0.3, 0.4) is 0 Å². The Morgan fingerprint density at radius 2 is 1.81 bits per heavy atom. The summed E-state index contributed by atoms with van der Waals surface area (Å²) in [6.07, 6.45) is 4.03. The molecule has 3 amide bonds. The molecule has 190 valence electrons. The van der Waals surface area contributed by atoms with Crippen molar-refractivity contribution in [2.45, 2.75) is 19.7 Å². The number of ether oxygens (including phenoxy) is 1. The molecule has 12 heteroatoms. The first kappa shape index (κ1) is 24.9. The van der Waals surface area contributed by atoms with Gasteiger partial charge in [-0.2, -0.15) is 9.19 Å². The third kappa shape index (κ3) is 5.50. The molecule has 2 aliphatic rings. The van der Waals surface area contributed by atoms with Gasteiger partial charge in [-0.1, -0.05) is 42.5 Å². The van der Waals surface area contributed by atoms with E-state index in [0.717, 1.165) is 15.9 Å². The Labute approximate surface area is 217 Å². The van der Waals surface area contributed by atoms with Crippen LogP contribution in [0.2, 0.25) is 0 Å². The van der Waals surface area contributed by atoms with Crippen LogP contribution in [-0.4, -0.2) is 57.3 Å². The van der Waals surface area contributed by atoms with Crippen molar-refractivity contribution in [3.63, 3.8) is 0 Å². The maximum absolute atomic E-state index is 12.9. The van der Waals surface area contributed by atoms with Crippen LogP contribution in [0.25, 0.3) is 6.08 Å². The van der Waals surface area contributed by atoms with Gasteiger partial charge >= 0.3 is 0 Å². The molecule has 1 fully saturated rings. The normalized spacial score (nSPS) is 17.0. The van der Waals surface area contributed by atoms with Crippen LogP contribution in [0, 0.1) is 0 Å². The molecule has 10 nitrogen and oxygen atoms in total. The minimum absolute atomic E-state index is 0.158. The quantitative estimate of drug-likeness (QED) is 0.418. The largest absolute Gasteiger partial charge is 0.489 e. The standard InChI is InChI=1S/C25H22N4O6S2/c1-37(33,34)28-13-19-12-27(14-21(19)26-28)15-23(30)29-24(31)22(36-25(29)32)11-17-7-9-20(10-8-17)35-16-18-5-3-2-4-6-18/h2-11,13H,12,14-16H2,1H3/b22-11-. The highest BCUT2D eigenvalue weighted by molar-refractivity contribution is 8.18. The first-order valence-corrected chi connectivity index (χ1v) is 13.9. The van der Waals surface area contributed by atoms with E-state index in [4.69, 9.17) is 4.74 Å². The van der Waals surface area contributed by atoms with E-state index in [0.29, 0.717) is 52.4 Å². The number of imide groups is 3. The lowest BCUT2D eigenvalue weighted by Gasteiger charge is -2.17. The number of amides is 3. The maximum Gasteiger partial charge on any atom is 0.300 e. The molecule has 2 aliphatic heterocycles. The van der Waals surface area contributed by atoms with Crippen molar-refractivity contribution in [2.75, 3.05) is 12.8 Å². The molecular formula is C25H22N4O6S2. The van der Waals surface area contributed by atoms with Crippen molar-refractivity contribution in [2.24, 2.45) is 0 Å². The maximum atomic E-state index is 12.9. The van der Waals surface area contributed by atoms with E-state index in [1.165, 1.54) is 6.20 Å². The van der Waals surface area contributed by atoms with E-state index in [-0.39, 0.29) is 18.0 Å². The van der Waals surface area contributed by atoms with E-state index >= 15 is 0 Å². The summed E-state index contributed by atoms with van der Waals surface area (Å²) in [5, 5.41) is 3.40. The number of carbonyl (C=O) groups is 3. The fourth-order valence-corrected chi connectivity index (χ4v) is 5.38. The lowest BCUT2D eigenvalue weighted by molar-refractivity contribution is -0.138. The molecule has 3 heterocycles. The molecule has 5 rings (SSSR count). The second kappa shape index (κ2) is 9.96. The van der Waals surface area contributed by atoms with E-state index < -0.39 is 27.1 Å². The monoisotopic (exact) mass is 538 g/mol. The first-order chi connectivity index (χ1) is 17.7. The van der Waals surface area contributed by atoms with Gasteiger partial charge in [-0.3, -0.25) is 19.3 Å². The van der Waals surface area contributed by atoms with Crippen LogP contribution in [0.4, 0.5) is 4.79 Å². The van der Waals surface area contributed by atoms with E-state index in [9.17, 15) is 22.8 Å². The smallest absolute Gasteiger partial charge is 0.300 e. The molecule has 2 aromatic carbocycles. The van der Waals surface area contributed by atoms with Gasteiger partial charge in [0.05, 0.1) is 23.4 Å². The van der Waals surface area contributed by atoms with Gasteiger partial charge in [-0.15, -0.1) is 0 Å². The second-order valence-electron chi connectivity index (χ2n) is 8.64. The zero-order chi connectivity index (χ0) is 26.2. The third-order valence-electron chi connectivity index (χ3n) is 5.79. The Bertz CT molecular complexity index is 1490. The van der Waals surface area contributed by atoms with Crippen LogP contribution in [0.15, 0.2) is 65.7 Å². The number of thioether (sulfide) groups is 1. The number of hydrogen-bond acceptors (Lipinski definition) is 9. The van der Waals surface area contributed by atoms with Gasteiger partial charge in [0.25, 0.3) is 27.1 Å². The second-order valence-corrected chi connectivity index (χ2v) is 11.5. The van der Waals surface area contributed by atoms with Gasteiger partial charge < -0.3 is 4.74 Å². The number of rotatable bonds is 7. The fourth-order valence-electron chi connectivity index (χ4n) is 3.97. The molecule has 3 aromatic rings. The molecule has 0 aliphatic carbocycles. The van der Waals surface area contributed by atoms with Crippen LogP contribution < -0.4 is 4.74 Å². The van der Waals surface area contributed by atoms with E-state index in [1.54, 1.807) is 35.2 Å². The van der Waals surface area contributed by atoms with Gasteiger partial charge in [0.2, 0.25) is 0 Å². The number of carbonyl (C=O) groups excluding carboxylic acids is 3. The minimum Gasteiger partial charge on any atom is -0.489 e. The third-order valence-corrected chi connectivity index (χ3v) is 7.53. The summed E-state index contributed by atoms with van der Waals surface area (Å²) in [6.45, 7) is 0.794. The molecule has 0 unspecified atom stereocenters. The highest BCUT2D eigenvalue weighted by Crippen LogP contribution is 2.33. The van der Waals surface area contributed by atoms with E-state index in [2.05, 4.69) is 5.10 Å². The van der Waals surface area contributed by atoms with Gasteiger partial charge in [-0.05, 0) is 41.1 Å². The highest BCUT2D eigenvalue weighted by Gasteiger charge is 2.40. The Morgan fingerprint density at radius 1 is 1.08 bits per heavy atom. The molecule has 0 atom stereocenters. The highest BCUT2D eigenvalue weighted by atomic mass is 32.2. The molecule has 1 saturated heterocycles. The predicted octanol–water partition coefficient (Wildman–Crippen LogP) is 2.85. The van der Waals surface area contributed by atoms with Gasteiger partial charge in [0.1, 0.15) is 12.4 Å². The SMILES string of the molecule is CS(=O)(=O)n1cc2c(n1)CN(CC(=O)N1C(=O)S/C(=C\c3ccc(OCc4ccccc4)cc3)C1=O)C2. The molecule has 0 saturated carbocycles. The summed E-state index contributed by atoms with van der Waals surface area (Å²) in [6, 6.07) is 16.9. The van der Waals surface area contributed by atoms with Crippen LogP contribution in [0.5, 0.6) is 5.75 Å².